The summed E-state index contributed by atoms with van der Waals surface area (Å²) in [4.78, 5) is 0. The first kappa shape index (κ1) is 14.2. The lowest BCUT2D eigenvalue weighted by Gasteiger charge is -2.36. The van der Waals surface area contributed by atoms with Crippen LogP contribution in [0, 0.1) is 5.92 Å². The third-order valence-corrected chi connectivity index (χ3v) is 3.98. The molecule has 1 saturated heterocycles. The minimum atomic E-state index is -0.0476. The SMILES string of the molecule is COc1ccc(C(C)(CN)CC2COC2)cc1OC. The molecule has 1 aromatic carbocycles. The van der Waals surface area contributed by atoms with Crippen LogP contribution in [0.1, 0.15) is 18.9 Å². The molecular weight excluding hydrogens is 242 g/mol. The van der Waals surface area contributed by atoms with Gasteiger partial charge in [-0.05, 0) is 24.1 Å². The van der Waals surface area contributed by atoms with E-state index in [1.54, 1.807) is 14.2 Å². The van der Waals surface area contributed by atoms with Gasteiger partial charge in [0.2, 0.25) is 0 Å². The molecule has 0 aliphatic carbocycles. The van der Waals surface area contributed by atoms with Crippen molar-refractivity contribution in [3.63, 3.8) is 0 Å². The average Bonchev–Trinajstić information content (AvgIpc) is 2.41. The normalized spacial score (nSPS) is 18.5. The molecule has 1 aromatic rings. The molecule has 19 heavy (non-hydrogen) atoms. The zero-order chi connectivity index (χ0) is 13.9. The summed E-state index contributed by atoms with van der Waals surface area (Å²) in [6.45, 7) is 4.51. The summed E-state index contributed by atoms with van der Waals surface area (Å²) < 4.78 is 15.9. The quantitative estimate of drug-likeness (QED) is 0.854. The van der Waals surface area contributed by atoms with E-state index < -0.39 is 0 Å². The highest BCUT2D eigenvalue weighted by molar-refractivity contribution is 5.45. The van der Waals surface area contributed by atoms with Gasteiger partial charge in [-0.25, -0.2) is 0 Å². The van der Waals surface area contributed by atoms with Crippen molar-refractivity contribution in [3.8, 4) is 11.5 Å². The van der Waals surface area contributed by atoms with Crippen molar-refractivity contribution < 1.29 is 14.2 Å². The molecule has 4 nitrogen and oxygen atoms in total. The zero-order valence-corrected chi connectivity index (χ0v) is 11.9. The number of ether oxygens (including phenoxy) is 3. The molecule has 1 aliphatic heterocycles. The summed E-state index contributed by atoms with van der Waals surface area (Å²) in [6, 6.07) is 6.05. The molecular formula is C15H23NO3. The van der Waals surface area contributed by atoms with Crippen LogP contribution in [-0.4, -0.2) is 34.0 Å². The summed E-state index contributed by atoms with van der Waals surface area (Å²) in [5, 5.41) is 0. The van der Waals surface area contributed by atoms with E-state index in [1.165, 1.54) is 5.56 Å². The van der Waals surface area contributed by atoms with Gasteiger partial charge < -0.3 is 19.9 Å². The Morgan fingerprint density at radius 2 is 1.95 bits per heavy atom. The molecule has 0 amide bonds. The molecule has 0 bridgehead atoms. The van der Waals surface area contributed by atoms with E-state index in [0.717, 1.165) is 31.1 Å². The fourth-order valence-electron chi connectivity index (χ4n) is 2.57. The fourth-order valence-corrected chi connectivity index (χ4v) is 2.57. The smallest absolute Gasteiger partial charge is 0.161 e. The molecule has 1 aliphatic rings. The van der Waals surface area contributed by atoms with Crippen molar-refractivity contribution in [2.75, 3.05) is 34.0 Å². The lowest BCUT2D eigenvalue weighted by molar-refractivity contribution is -0.0441. The van der Waals surface area contributed by atoms with Gasteiger partial charge in [-0.2, -0.15) is 0 Å². The molecule has 0 aromatic heterocycles. The predicted molar refractivity (Wildman–Crippen MR) is 74.9 cm³/mol. The van der Waals surface area contributed by atoms with Gasteiger partial charge in [0.15, 0.2) is 11.5 Å². The monoisotopic (exact) mass is 265 g/mol. The maximum absolute atomic E-state index is 6.02. The second-order valence-corrected chi connectivity index (χ2v) is 5.44. The Labute approximate surface area is 114 Å². The second kappa shape index (κ2) is 5.80. The first-order valence-corrected chi connectivity index (χ1v) is 6.63. The molecule has 106 valence electrons. The van der Waals surface area contributed by atoms with Gasteiger partial charge >= 0.3 is 0 Å². The van der Waals surface area contributed by atoms with Gasteiger partial charge in [0.25, 0.3) is 0 Å². The minimum Gasteiger partial charge on any atom is -0.493 e. The standard InChI is InChI=1S/C15H23NO3/c1-15(10-16,7-11-8-19-9-11)12-4-5-13(17-2)14(6-12)18-3/h4-6,11H,7-10,16H2,1-3H3. The van der Waals surface area contributed by atoms with Gasteiger partial charge in [-0.1, -0.05) is 13.0 Å². The Bertz CT molecular complexity index is 431. The summed E-state index contributed by atoms with van der Waals surface area (Å²) >= 11 is 0. The van der Waals surface area contributed by atoms with Crippen molar-refractivity contribution in [1.29, 1.82) is 0 Å². The maximum Gasteiger partial charge on any atom is 0.161 e. The first-order valence-electron chi connectivity index (χ1n) is 6.63. The van der Waals surface area contributed by atoms with Crippen LogP contribution >= 0.6 is 0 Å². The molecule has 1 fully saturated rings. The van der Waals surface area contributed by atoms with E-state index in [4.69, 9.17) is 19.9 Å². The molecule has 2 rings (SSSR count). The zero-order valence-electron chi connectivity index (χ0n) is 11.9. The Morgan fingerprint density at radius 3 is 2.42 bits per heavy atom. The Hall–Kier alpha value is -1.26. The van der Waals surface area contributed by atoms with Crippen LogP contribution in [0.2, 0.25) is 0 Å². The summed E-state index contributed by atoms with van der Waals surface area (Å²) in [5.74, 6) is 2.11. The van der Waals surface area contributed by atoms with E-state index >= 15 is 0 Å². The van der Waals surface area contributed by atoms with Crippen LogP contribution in [-0.2, 0) is 10.2 Å². The highest BCUT2D eigenvalue weighted by Crippen LogP contribution is 2.37. The van der Waals surface area contributed by atoms with Crippen LogP contribution in [0.3, 0.4) is 0 Å². The molecule has 0 saturated carbocycles. The van der Waals surface area contributed by atoms with Crippen LogP contribution in [0.4, 0.5) is 0 Å². The van der Waals surface area contributed by atoms with E-state index in [0.29, 0.717) is 12.5 Å². The largest absolute Gasteiger partial charge is 0.493 e. The lowest BCUT2D eigenvalue weighted by atomic mass is 9.75. The fraction of sp³-hybridized carbons (Fsp3) is 0.600. The number of nitrogens with two attached hydrogens (primary N) is 1. The Morgan fingerprint density at radius 1 is 1.26 bits per heavy atom. The van der Waals surface area contributed by atoms with E-state index in [2.05, 4.69) is 13.0 Å². The Balaban J connectivity index is 2.25. The van der Waals surface area contributed by atoms with Crippen LogP contribution in [0.15, 0.2) is 18.2 Å². The van der Waals surface area contributed by atoms with Crippen molar-refractivity contribution >= 4 is 0 Å². The molecule has 1 unspecified atom stereocenters. The third-order valence-electron chi connectivity index (χ3n) is 3.98. The molecule has 2 N–H and O–H groups in total. The van der Waals surface area contributed by atoms with E-state index in [9.17, 15) is 0 Å². The van der Waals surface area contributed by atoms with Crippen molar-refractivity contribution in [1.82, 2.24) is 0 Å². The topological polar surface area (TPSA) is 53.7 Å². The van der Waals surface area contributed by atoms with Gasteiger partial charge in [-0.3, -0.25) is 0 Å². The first-order chi connectivity index (χ1) is 9.12. The Kier molecular flexibility index (Phi) is 4.32. The number of hydrogen-bond donors (Lipinski definition) is 1. The lowest BCUT2D eigenvalue weighted by Crippen LogP contribution is -2.39. The van der Waals surface area contributed by atoms with Crippen LogP contribution in [0.5, 0.6) is 11.5 Å². The highest BCUT2D eigenvalue weighted by Gasteiger charge is 2.32. The third kappa shape index (κ3) is 2.85. The van der Waals surface area contributed by atoms with E-state index in [-0.39, 0.29) is 5.41 Å². The minimum absolute atomic E-state index is 0.0476. The summed E-state index contributed by atoms with van der Waals surface area (Å²) in [7, 11) is 3.30. The van der Waals surface area contributed by atoms with Crippen LogP contribution < -0.4 is 15.2 Å². The average molecular weight is 265 g/mol. The predicted octanol–water partition coefficient (Wildman–Crippen LogP) is 1.96. The number of methoxy groups -OCH3 is 2. The van der Waals surface area contributed by atoms with Gasteiger partial charge in [0, 0.05) is 17.9 Å². The summed E-state index contributed by atoms with van der Waals surface area (Å²) in [5.41, 5.74) is 7.16. The molecule has 0 radical (unpaired) electrons. The maximum atomic E-state index is 6.02. The molecule has 0 spiro atoms. The highest BCUT2D eigenvalue weighted by atomic mass is 16.5. The van der Waals surface area contributed by atoms with Crippen molar-refractivity contribution in [3.05, 3.63) is 23.8 Å². The van der Waals surface area contributed by atoms with Gasteiger partial charge in [-0.15, -0.1) is 0 Å². The van der Waals surface area contributed by atoms with Gasteiger partial charge in [0.1, 0.15) is 0 Å². The molecule has 1 atom stereocenters. The number of rotatable bonds is 6. The van der Waals surface area contributed by atoms with Crippen molar-refractivity contribution in [2.24, 2.45) is 11.7 Å². The summed E-state index contributed by atoms with van der Waals surface area (Å²) in [6.07, 6.45) is 1.04. The molecule has 4 heteroatoms. The second-order valence-electron chi connectivity index (χ2n) is 5.44. The number of benzene rings is 1. The van der Waals surface area contributed by atoms with Crippen LogP contribution in [0.25, 0.3) is 0 Å². The van der Waals surface area contributed by atoms with Gasteiger partial charge in [0.05, 0.1) is 27.4 Å². The molecule has 1 heterocycles. The van der Waals surface area contributed by atoms with E-state index in [1.807, 2.05) is 12.1 Å². The van der Waals surface area contributed by atoms with Crippen molar-refractivity contribution in [2.45, 2.75) is 18.8 Å². The number of hydrogen-bond acceptors (Lipinski definition) is 4.